The summed E-state index contributed by atoms with van der Waals surface area (Å²) in [7, 11) is 1.48. The molecule has 7 heteroatoms. The van der Waals surface area contributed by atoms with E-state index in [9.17, 15) is 4.39 Å². The maximum atomic E-state index is 13.8. The van der Waals surface area contributed by atoms with Crippen molar-refractivity contribution >= 4 is 30.5 Å². The Hall–Kier alpha value is -1.53. The van der Waals surface area contributed by atoms with Gasteiger partial charge in [-0.05, 0) is 35.4 Å². The molecule has 1 heterocycles. The fourth-order valence-electron chi connectivity index (χ4n) is 3.12. The van der Waals surface area contributed by atoms with Gasteiger partial charge in [0, 0.05) is 45.0 Å². The third-order valence-electron chi connectivity index (χ3n) is 4.44. The third-order valence-corrected chi connectivity index (χ3v) is 4.44. The molecule has 0 amide bonds. The molecule has 4 nitrogen and oxygen atoms in total. The Morgan fingerprint density at radius 2 is 1.50 bits per heavy atom. The number of methoxy groups -OCH3 is 1. The van der Waals surface area contributed by atoms with Crippen LogP contribution in [0.15, 0.2) is 42.5 Å². The van der Waals surface area contributed by atoms with Gasteiger partial charge in [-0.2, -0.15) is 0 Å². The highest BCUT2D eigenvalue weighted by atomic mass is 35.5. The van der Waals surface area contributed by atoms with Crippen molar-refractivity contribution in [1.82, 2.24) is 9.80 Å². The van der Waals surface area contributed by atoms with Gasteiger partial charge in [-0.1, -0.05) is 18.2 Å². The summed E-state index contributed by atoms with van der Waals surface area (Å²) < 4.78 is 18.7. The summed E-state index contributed by atoms with van der Waals surface area (Å²) in [4.78, 5) is 4.79. The summed E-state index contributed by atoms with van der Waals surface area (Å²) in [5, 5.41) is 0. The molecule has 0 saturated carbocycles. The standard InChI is InChI=1S/C19H24FN3O.2ClH/c1-24-19-6-5-16(12-18(19)20)14-23-9-7-22(8-10-23)13-15-3-2-4-17(21)11-15;;/h2-6,11-12H,7-10,13-14,21H2,1H3;2*1H. The molecule has 0 unspecified atom stereocenters. The smallest absolute Gasteiger partial charge is 0.165 e. The predicted octanol–water partition coefficient (Wildman–Crippen LogP) is 3.58. The molecule has 3 rings (SSSR count). The number of hydrogen-bond acceptors (Lipinski definition) is 4. The Bertz CT molecular complexity index is 694. The molecular formula is C19H26Cl2FN3O. The molecule has 0 bridgehead atoms. The zero-order valence-electron chi connectivity index (χ0n) is 14.9. The first-order valence-corrected chi connectivity index (χ1v) is 8.25. The largest absolute Gasteiger partial charge is 0.494 e. The van der Waals surface area contributed by atoms with Gasteiger partial charge >= 0.3 is 0 Å². The van der Waals surface area contributed by atoms with E-state index in [0.717, 1.165) is 50.5 Å². The van der Waals surface area contributed by atoms with Crippen LogP contribution in [0.3, 0.4) is 0 Å². The van der Waals surface area contributed by atoms with Crippen LogP contribution in [-0.4, -0.2) is 43.1 Å². The number of nitrogens with two attached hydrogens (primary N) is 1. The normalized spacial score (nSPS) is 15.0. The van der Waals surface area contributed by atoms with Crippen LogP contribution >= 0.6 is 24.8 Å². The maximum absolute atomic E-state index is 13.8. The van der Waals surface area contributed by atoms with Crippen LogP contribution in [0.5, 0.6) is 5.75 Å². The number of halogens is 3. The van der Waals surface area contributed by atoms with Crippen LogP contribution in [0.2, 0.25) is 0 Å². The average molecular weight is 402 g/mol. The lowest BCUT2D eigenvalue weighted by atomic mass is 10.1. The number of anilines is 1. The molecule has 1 aliphatic rings. The van der Waals surface area contributed by atoms with E-state index in [-0.39, 0.29) is 30.6 Å². The Morgan fingerprint density at radius 1 is 0.923 bits per heavy atom. The van der Waals surface area contributed by atoms with Crippen LogP contribution in [0.25, 0.3) is 0 Å². The Morgan fingerprint density at radius 3 is 2.00 bits per heavy atom. The second-order valence-electron chi connectivity index (χ2n) is 6.27. The first kappa shape index (κ1) is 22.5. The molecule has 0 aliphatic carbocycles. The van der Waals surface area contributed by atoms with E-state index in [1.165, 1.54) is 12.7 Å². The highest BCUT2D eigenvalue weighted by molar-refractivity contribution is 5.85. The molecule has 1 fully saturated rings. The minimum atomic E-state index is -0.296. The minimum absolute atomic E-state index is 0. The molecule has 2 aromatic carbocycles. The molecule has 0 atom stereocenters. The van der Waals surface area contributed by atoms with Gasteiger partial charge in [-0.25, -0.2) is 4.39 Å². The lowest BCUT2D eigenvalue weighted by molar-refractivity contribution is 0.122. The van der Waals surface area contributed by atoms with Gasteiger partial charge in [0.25, 0.3) is 0 Å². The zero-order chi connectivity index (χ0) is 16.9. The quantitative estimate of drug-likeness (QED) is 0.777. The van der Waals surface area contributed by atoms with Crippen LogP contribution in [0, 0.1) is 5.82 Å². The first-order valence-electron chi connectivity index (χ1n) is 8.25. The monoisotopic (exact) mass is 401 g/mol. The van der Waals surface area contributed by atoms with E-state index in [2.05, 4.69) is 15.9 Å². The molecule has 2 aromatic rings. The topological polar surface area (TPSA) is 41.7 Å². The van der Waals surface area contributed by atoms with E-state index in [4.69, 9.17) is 10.5 Å². The number of benzene rings is 2. The summed E-state index contributed by atoms with van der Waals surface area (Å²) in [6.45, 7) is 5.68. The Kier molecular flexibility index (Phi) is 9.16. The molecule has 1 saturated heterocycles. The fraction of sp³-hybridized carbons (Fsp3) is 0.368. The van der Waals surface area contributed by atoms with E-state index >= 15 is 0 Å². The van der Waals surface area contributed by atoms with Gasteiger partial charge in [0.2, 0.25) is 0 Å². The van der Waals surface area contributed by atoms with Gasteiger partial charge in [-0.15, -0.1) is 24.8 Å². The summed E-state index contributed by atoms with van der Waals surface area (Å²) in [5.74, 6) is 0.000931. The van der Waals surface area contributed by atoms with Crippen molar-refractivity contribution in [3.05, 3.63) is 59.4 Å². The van der Waals surface area contributed by atoms with Crippen molar-refractivity contribution < 1.29 is 9.13 Å². The second kappa shape index (κ2) is 10.6. The second-order valence-corrected chi connectivity index (χ2v) is 6.27. The lowest BCUT2D eigenvalue weighted by Gasteiger charge is -2.34. The highest BCUT2D eigenvalue weighted by Crippen LogP contribution is 2.19. The number of hydrogen-bond donors (Lipinski definition) is 1. The highest BCUT2D eigenvalue weighted by Gasteiger charge is 2.17. The zero-order valence-corrected chi connectivity index (χ0v) is 16.5. The van der Waals surface area contributed by atoms with E-state index < -0.39 is 0 Å². The van der Waals surface area contributed by atoms with Gasteiger partial charge in [0.1, 0.15) is 0 Å². The minimum Gasteiger partial charge on any atom is -0.494 e. The van der Waals surface area contributed by atoms with E-state index in [1.807, 2.05) is 24.3 Å². The molecule has 144 valence electrons. The van der Waals surface area contributed by atoms with Gasteiger partial charge in [0.15, 0.2) is 11.6 Å². The van der Waals surface area contributed by atoms with Crippen LogP contribution in [0.1, 0.15) is 11.1 Å². The average Bonchev–Trinajstić information content (AvgIpc) is 2.57. The summed E-state index contributed by atoms with van der Waals surface area (Å²) >= 11 is 0. The maximum Gasteiger partial charge on any atom is 0.165 e. The summed E-state index contributed by atoms with van der Waals surface area (Å²) in [6, 6.07) is 13.3. The summed E-state index contributed by atoms with van der Waals surface area (Å²) in [6.07, 6.45) is 0. The molecule has 0 spiro atoms. The van der Waals surface area contributed by atoms with Crippen LogP contribution in [-0.2, 0) is 13.1 Å². The Balaban J connectivity index is 0.00000169. The van der Waals surface area contributed by atoms with Crippen molar-refractivity contribution in [3.63, 3.8) is 0 Å². The molecule has 1 aliphatic heterocycles. The van der Waals surface area contributed by atoms with Gasteiger partial charge in [-0.3, -0.25) is 9.80 Å². The van der Waals surface area contributed by atoms with Crippen LogP contribution in [0.4, 0.5) is 10.1 Å². The van der Waals surface area contributed by atoms with Crippen molar-refractivity contribution in [3.8, 4) is 5.75 Å². The van der Waals surface area contributed by atoms with Crippen molar-refractivity contribution in [2.45, 2.75) is 13.1 Å². The van der Waals surface area contributed by atoms with Crippen molar-refractivity contribution in [1.29, 1.82) is 0 Å². The van der Waals surface area contributed by atoms with E-state index in [1.54, 1.807) is 12.1 Å². The molecule has 0 aromatic heterocycles. The predicted molar refractivity (Wildman–Crippen MR) is 109 cm³/mol. The van der Waals surface area contributed by atoms with E-state index in [0.29, 0.717) is 5.75 Å². The van der Waals surface area contributed by atoms with Crippen molar-refractivity contribution in [2.75, 3.05) is 39.0 Å². The number of ether oxygens (including phenoxy) is 1. The SMILES string of the molecule is COc1ccc(CN2CCN(Cc3cccc(N)c3)CC2)cc1F.Cl.Cl. The number of nitrogens with zero attached hydrogens (tertiary/aromatic N) is 2. The fourth-order valence-corrected chi connectivity index (χ4v) is 3.12. The van der Waals surface area contributed by atoms with Crippen LogP contribution < -0.4 is 10.5 Å². The molecule has 26 heavy (non-hydrogen) atoms. The first-order chi connectivity index (χ1) is 11.6. The van der Waals surface area contributed by atoms with Gasteiger partial charge in [0.05, 0.1) is 7.11 Å². The number of piperazine rings is 1. The number of rotatable bonds is 5. The van der Waals surface area contributed by atoms with Gasteiger partial charge < -0.3 is 10.5 Å². The lowest BCUT2D eigenvalue weighted by Crippen LogP contribution is -2.45. The third kappa shape index (κ3) is 6.02. The Labute approximate surface area is 166 Å². The number of nitrogen functional groups attached to an aromatic ring is 1. The molecule has 2 N–H and O–H groups in total. The molecular weight excluding hydrogens is 376 g/mol. The van der Waals surface area contributed by atoms with Crippen molar-refractivity contribution in [2.24, 2.45) is 0 Å². The summed E-state index contributed by atoms with van der Waals surface area (Å²) in [5.41, 5.74) is 8.89. The molecule has 0 radical (unpaired) electrons.